The molecule has 0 aromatic heterocycles. The van der Waals surface area contributed by atoms with Gasteiger partial charge in [-0.15, -0.1) is 0 Å². The number of ether oxygens (including phenoxy) is 2. The zero-order valence-electron chi connectivity index (χ0n) is 34.0. The van der Waals surface area contributed by atoms with E-state index in [-0.39, 0.29) is 51.3 Å². The first-order valence-electron chi connectivity index (χ1n) is 20.2. The third-order valence-electron chi connectivity index (χ3n) is 10.6. The highest BCUT2D eigenvalue weighted by Gasteiger charge is 2.36. The van der Waals surface area contributed by atoms with Gasteiger partial charge in [0.25, 0.3) is 0 Å². The maximum absolute atomic E-state index is 14.7. The van der Waals surface area contributed by atoms with E-state index in [0.29, 0.717) is 70.1 Å². The molecule has 0 radical (unpaired) electrons. The molecular formula is C46H54ClN5O8. The summed E-state index contributed by atoms with van der Waals surface area (Å²) in [5, 5.41) is 13.3. The van der Waals surface area contributed by atoms with Gasteiger partial charge in [0.2, 0.25) is 11.8 Å². The van der Waals surface area contributed by atoms with Gasteiger partial charge in [-0.1, -0.05) is 73.5 Å². The Bertz CT molecular complexity index is 2150. The fraction of sp³-hybridized carbons (Fsp3) is 0.370. The molecule has 14 heteroatoms. The number of benzene rings is 4. The van der Waals surface area contributed by atoms with Crippen molar-refractivity contribution >= 4 is 41.0 Å². The number of likely N-dealkylation sites (N-methyl/N-ethyl adjacent to an activating group) is 1. The molecule has 0 fully saturated rings. The van der Waals surface area contributed by atoms with Gasteiger partial charge in [0.15, 0.2) is 11.6 Å². The van der Waals surface area contributed by atoms with Gasteiger partial charge in [0, 0.05) is 72.9 Å². The molecule has 4 aromatic rings. The normalized spacial score (nSPS) is 17.2. The number of nitrogens with two attached hydrogens (primary N) is 3. The number of unbranched alkanes of at least 4 members (excludes halogenated alkanes) is 1. The summed E-state index contributed by atoms with van der Waals surface area (Å²) in [7, 11) is 1.52. The first-order valence-corrected chi connectivity index (χ1v) is 20.6. The Balaban J connectivity index is 1.57. The molecule has 60 heavy (non-hydrogen) atoms. The summed E-state index contributed by atoms with van der Waals surface area (Å²) in [5.74, 6) is -3.91. The summed E-state index contributed by atoms with van der Waals surface area (Å²) in [5.41, 5.74) is 21.8. The number of nitrogens with one attached hydrogen (secondary N) is 1. The van der Waals surface area contributed by atoms with Crippen LogP contribution in [0.15, 0.2) is 84.9 Å². The van der Waals surface area contributed by atoms with Crippen LogP contribution >= 0.6 is 11.6 Å². The average molecular weight is 840 g/mol. The van der Waals surface area contributed by atoms with Gasteiger partial charge < -0.3 is 42.0 Å². The van der Waals surface area contributed by atoms with Crippen molar-refractivity contribution in [3.8, 4) is 33.8 Å². The lowest BCUT2D eigenvalue weighted by Crippen LogP contribution is -2.45. The number of halogens is 1. The van der Waals surface area contributed by atoms with E-state index in [9.17, 15) is 29.1 Å². The molecule has 0 unspecified atom stereocenters. The van der Waals surface area contributed by atoms with Crippen LogP contribution in [0.4, 0.5) is 0 Å². The molecule has 0 aliphatic carbocycles. The Morgan fingerprint density at radius 3 is 2.02 bits per heavy atom. The number of carboxylic acids is 1. The van der Waals surface area contributed by atoms with Crippen molar-refractivity contribution in [1.29, 1.82) is 0 Å². The molecule has 0 spiro atoms. The molecule has 4 bridgehead atoms. The Hall–Kier alpha value is -5.60. The van der Waals surface area contributed by atoms with Crippen LogP contribution in [0.3, 0.4) is 0 Å². The van der Waals surface area contributed by atoms with Crippen LogP contribution in [0.25, 0.3) is 22.3 Å². The zero-order chi connectivity index (χ0) is 43.3. The summed E-state index contributed by atoms with van der Waals surface area (Å²) in [6.07, 6.45) is 1.07. The van der Waals surface area contributed by atoms with Crippen molar-refractivity contribution in [2.75, 3.05) is 39.9 Å². The van der Waals surface area contributed by atoms with E-state index in [0.717, 1.165) is 11.1 Å². The number of hydrogen-bond acceptors (Lipinski definition) is 10. The fourth-order valence-corrected chi connectivity index (χ4v) is 7.54. The second-order valence-corrected chi connectivity index (χ2v) is 15.5. The number of nitrogens with zero attached hydrogens (tertiary/aromatic N) is 1. The van der Waals surface area contributed by atoms with Crippen molar-refractivity contribution < 1.29 is 38.6 Å². The van der Waals surface area contributed by atoms with E-state index >= 15 is 0 Å². The van der Waals surface area contributed by atoms with E-state index in [2.05, 4.69) is 5.32 Å². The molecule has 2 amide bonds. The van der Waals surface area contributed by atoms with Gasteiger partial charge in [-0.25, -0.2) is 4.79 Å². The van der Waals surface area contributed by atoms with Gasteiger partial charge in [0.05, 0.1) is 0 Å². The summed E-state index contributed by atoms with van der Waals surface area (Å²) in [6.45, 7) is 2.71. The van der Waals surface area contributed by atoms with Crippen LogP contribution in [-0.4, -0.2) is 85.3 Å². The summed E-state index contributed by atoms with van der Waals surface area (Å²) in [6, 6.07) is 22.3. The van der Waals surface area contributed by atoms with Crippen molar-refractivity contribution in [1.82, 2.24) is 10.2 Å². The van der Waals surface area contributed by atoms with Crippen LogP contribution in [0.1, 0.15) is 66.6 Å². The first-order chi connectivity index (χ1) is 28.8. The van der Waals surface area contributed by atoms with Crippen molar-refractivity contribution in [2.24, 2.45) is 29.0 Å². The predicted molar refractivity (Wildman–Crippen MR) is 231 cm³/mol. The number of aliphatic carboxylic acids is 1. The minimum Gasteiger partial charge on any atom is -0.492 e. The molecule has 1 heterocycles. The van der Waals surface area contributed by atoms with Gasteiger partial charge >= 0.3 is 5.97 Å². The third-order valence-corrected chi connectivity index (χ3v) is 10.9. The van der Waals surface area contributed by atoms with E-state index in [1.54, 1.807) is 67.6 Å². The number of ketones is 2. The quantitative estimate of drug-likeness (QED) is 0.0653. The molecule has 13 nitrogen and oxygen atoms in total. The number of hydrogen-bond donors (Lipinski definition) is 5. The largest absolute Gasteiger partial charge is 0.492 e. The van der Waals surface area contributed by atoms with Crippen LogP contribution in [0.2, 0.25) is 5.02 Å². The second-order valence-electron chi connectivity index (χ2n) is 15.1. The Labute approximate surface area is 355 Å². The molecule has 5 rings (SSSR count). The minimum atomic E-state index is -1.30. The molecular weight excluding hydrogens is 786 g/mol. The number of amides is 2. The summed E-state index contributed by atoms with van der Waals surface area (Å²) < 4.78 is 12.1. The van der Waals surface area contributed by atoms with Crippen LogP contribution in [0.5, 0.6) is 11.5 Å². The molecule has 4 atom stereocenters. The standard InChI is InChI=1S/C46H54ClN5O8/c1-28-23-40(54)43(52(2)45(56)34(5-3-4-18-48)27-39(53)32-9-7-30(8-10-32)31-11-14-35(47)15-12-31)33-13-17-42(60-22-20-50)37(26-33)36-24-29(6-16-41(36)59-21-19-49)25-38(46(57)58)51-44(28)55/h6-17,24,26,28,34,38,43H,3-5,18-23,25,27,48-50H2,1-2H3,(H,51,55)(H,57,58)/t28-,34-,38+,43+/m1/s1. The highest BCUT2D eigenvalue weighted by molar-refractivity contribution is 6.30. The molecule has 8 N–H and O–H groups in total. The highest BCUT2D eigenvalue weighted by atomic mass is 35.5. The lowest BCUT2D eigenvalue weighted by Gasteiger charge is -2.32. The monoisotopic (exact) mass is 839 g/mol. The maximum atomic E-state index is 14.7. The Morgan fingerprint density at radius 2 is 1.42 bits per heavy atom. The van der Waals surface area contributed by atoms with E-state index < -0.39 is 47.5 Å². The zero-order valence-corrected chi connectivity index (χ0v) is 34.8. The molecule has 1 aliphatic rings. The van der Waals surface area contributed by atoms with Crippen LogP contribution < -0.4 is 32.0 Å². The van der Waals surface area contributed by atoms with Crippen LogP contribution in [-0.2, 0) is 25.6 Å². The number of carbonyl (C=O) groups is 5. The molecule has 4 aromatic carbocycles. The fourth-order valence-electron chi connectivity index (χ4n) is 7.41. The number of rotatable bonds is 17. The predicted octanol–water partition coefficient (Wildman–Crippen LogP) is 5.59. The highest BCUT2D eigenvalue weighted by Crippen LogP contribution is 2.41. The van der Waals surface area contributed by atoms with Gasteiger partial charge in [-0.3, -0.25) is 19.2 Å². The summed E-state index contributed by atoms with van der Waals surface area (Å²) in [4.78, 5) is 70.4. The second kappa shape index (κ2) is 21.6. The van der Waals surface area contributed by atoms with E-state index in [1.807, 2.05) is 24.3 Å². The maximum Gasteiger partial charge on any atom is 0.326 e. The minimum absolute atomic E-state index is 0.0544. The molecule has 0 saturated carbocycles. The third kappa shape index (κ3) is 11.6. The lowest BCUT2D eigenvalue weighted by atomic mass is 9.88. The molecule has 0 saturated heterocycles. The van der Waals surface area contributed by atoms with Gasteiger partial charge in [-0.2, -0.15) is 0 Å². The summed E-state index contributed by atoms with van der Waals surface area (Å²) >= 11 is 6.06. The average Bonchev–Trinajstić information content (AvgIpc) is 3.24. The number of Topliss-reactive ketones (excluding diaryl/α,β-unsaturated/α-hetero) is 2. The molecule has 318 valence electrons. The van der Waals surface area contributed by atoms with Crippen LogP contribution in [0, 0.1) is 11.8 Å². The van der Waals surface area contributed by atoms with Gasteiger partial charge in [0.1, 0.15) is 36.8 Å². The van der Waals surface area contributed by atoms with Gasteiger partial charge in [-0.05, 0) is 78.0 Å². The Kier molecular flexibility index (Phi) is 16.4. The van der Waals surface area contributed by atoms with E-state index in [4.69, 9.17) is 38.3 Å². The Morgan fingerprint density at radius 1 is 0.817 bits per heavy atom. The lowest BCUT2D eigenvalue weighted by molar-refractivity contribution is -0.144. The smallest absolute Gasteiger partial charge is 0.326 e. The number of carboxylic acid groups (broad SMARTS) is 1. The topological polar surface area (TPSA) is 217 Å². The van der Waals surface area contributed by atoms with Crippen molar-refractivity contribution in [2.45, 2.75) is 57.5 Å². The van der Waals surface area contributed by atoms with E-state index in [1.165, 1.54) is 11.9 Å². The number of fused-ring (bicyclic) bond motifs is 5. The van der Waals surface area contributed by atoms with Crippen molar-refractivity contribution in [3.05, 3.63) is 107 Å². The SMILES string of the molecule is C[C@@H]1CC(=O)[C@@H](N(C)C(=O)[C@H](CCCCN)CC(=O)c2ccc(-c3ccc(Cl)cc3)cc2)c2ccc(OCCN)c(c2)-c2cc(ccc2OCCN)C[C@@H](C(=O)O)NC1=O. The van der Waals surface area contributed by atoms with Crippen molar-refractivity contribution in [3.63, 3.8) is 0 Å². The molecule has 1 aliphatic heterocycles. The first kappa shape index (κ1) is 45.5. The number of carbonyl (C=O) groups excluding carboxylic acids is 4.